The second-order valence-electron chi connectivity index (χ2n) is 7.24. The van der Waals surface area contributed by atoms with Gasteiger partial charge in [-0.1, -0.05) is 41.9 Å². The molecular formula is C26H20ClNO5. The van der Waals surface area contributed by atoms with Crippen molar-refractivity contribution >= 4 is 40.8 Å². The van der Waals surface area contributed by atoms with E-state index >= 15 is 0 Å². The van der Waals surface area contributed by atoms with Gasteiger partial charge in [0.05, 0.1) is 12.2 Å². The molecule has 0 aliphatic heterocycles. The lowest BCUT2D eigenvalue weighted by molar-refractivity contribution is -0.118. The van der Waals surface area contributed by atoms with Crippen molar-refractivity contribution in [2.45, 2.75) is 6.92 Å². The SMILES string of the molecule is CCOc1cc(C=C2C(=O)c3ccccc3C2=O)ccc1OCC(=O)Nc1ccc(Cl)cc1. The fourth-order valence-corrected chi connectivity index (χ4v) is 3.57. The molecule has 1 amide bonds. The molecule has 0 bridgehead atoms. The van der Waals surface area contributed by atoms with Crippen LogP contribution < -0.4 is 14.8 Å². The summed E-state index contributed by atoms with van der Waals surface area (Å²) in [5, 5.41) is 3.30. The first-order valence-corrected chi connectivity index (χ1v) is 10.7. The van der Waals surface area contributed by atoms with Gasteiger partial charge in [0, 0.05) is 21.8 Å². The predicted molar refractivity (Wildman–Crippen MR) is 126 cm³/mol. The zero-order chi connectivity index (χ0) is 23.4. The molecule has 7 heteroatoms. The van der Waals surface area contributed by atoms with E-state index in [-0.39, 0.29) is 29.7 Å². The lowest BCUT2D eigenvalue weighted by Crippen LogP contribution is -2.20. The van der Waals surface area contributed by atoms with Crippen LogP contribution in [0.5, 0.6) is 11.5 Å². The summed E-state index contributed by atoms with van der Waals surface area (Å²) in [6.45, 7) is 1.97. The van der Waals surface area contributed by atoms with Gasteiger partial charge in [0.15, 0.2) is 29.7 Å². The van der Waals surface area contributed by atoms with Gasteiger partial charge in [-0.3, -0.25) is 14.4 Å². The van der Waals surface area contributed by atoms with Gasteiger partial charge in [-0.15, -0.1) is 0 Å². The Hall–Kier alpha value is -3.90. The van der Waals surface area contributed by atoms with Gasteiger partial charge in [0.25, 0.3) is 5.91 Å². The molecule has 3 aromatic rings. The van der Waals surface area contributed by atoms with Crippen LogP contribution in [0.25, 0.3) is 6.08 Å². The summed E-state index contributed by atoms with van der Waals surface area (Å²) in [7, 11) is 0. The highest BCUT2D eigenvalue weighted by Gasteiger charge is 2.32. The second-order valence-corrected chi connectivity index (χ2v) is 7.68. The molecule has 0 unspecified atom stereocenters. The van der Waals surface area contributed by atoms with E-state index in [4.69, 9.17) is 21.1 Å². The molecule has 1 aliphatic rings. The zero-order valence-electron chi connectivity index (χ0n) is 17.8. The third-order valence-corrected chi connectivity index (χ3v) is 5.22. The Kier molecular flexibility index (Phi) is 6.56. The second kappa shape index (κ2) is 9.71. The normalized spacial score (nSPS) is 12.4. The molecule has 0 spiro atoms. The maximum atomic E-state index is 12.6. The summed E-state index contributed by atoms with van der Waals surface area (Å²) in [5.41, 5.74) is 2.14. The average molecular weight is 462 g/mol. The van der Waals surface area contributed by atoms with Crippen molar-refractivity contribution in [3.8, 4) is 11.5 Å². The Morgan fingerprint density at radius 1 is 0.909 bits per heavy atom. The van der Waals surface area contributed by atoms with Crippen LogP contribution in [0.3, 0.4) is 0 Å². The first-order valence-electron chi connectivity index (χ1n) is 10.3. The number of hydrogen-bond acceptors (Lipinski definition) is 5. The van der Waals surface area contributed by atoms with E-state index in [1.807, 2.05) is 6.92 Å². The molecule has 1 aliphatic carbocycles. The highest BCUT2D eigenvalue weighted by atomic mass is 35.5. The molecule has 1 N–H and O–H groups in total. The van der Waals surface area contributed by atoms with E-state index < -0.39 is 0 Å². The van der Waals surface area contributed by atoms with Crippen molar-refractivity contribution < 1.29 is 23.9 Å². The van der Waals surface area contributed by atoms with Gasteiger partial charge in [0.2, 0.25) is 0 Å². The average Bonchev–Trinajstić information content (AvgIpc) is 3.05. The fourth-order valence-electron chi connectivity index (χ4n) is 3.45. The van der Waals surface area contributed by atoms with Crippen LogP contribution in [-0.4, -0.2) is 30.7 Å². The first kappa shape index (κ1) is 22.3. The van der Waals surface area contributed by atoms with Gasteiger partial charge in [0.1, 0.15) is 0 Å². The number of rotatable bonds is 7. The zero-order valence-corrected chi connectivity index (χ0v) is 18.5. The number of ketones is 2. The number of benzene rings is 3. The van der Waals surface area contributed by atoms with Crippen molar-refractivity contribution in [1.82, 2.24) is 0 Å². The third-order valence-electron chi connectivity index (χ3n) is 4.97. The van der Waals surface area contributed by atoms with Crippen LogP contribution in [0.2, 0.25) is 5.02 Å². The molecule has 4 rings (SSSR count). The largest absolute Gasteiger partial charge is 0.490 e. The minimum Gasteiger partial charge on any atom is -0.490 e. The molecule has 0 saturated heterocycles. The van der Waals surface area contributed by atoms with Gasteiger partial charge < -0.3 is 14.8 Å². The number of carbonyl (C=O) groups is 3. The molecule has 0 heterocycles. The van der Waals surface area contributed by atoms with E-state index in [1.54, 1.807) is 72.8 Å². The molecule has 0 aromatic heterocycles. The summed E-state index contributed by atoms with van der Waals surface area (Å²) in [6.07, 6.45) is 1.55. The number of allylic oxidation sites excluding steroid dienone is 1. The first-order chi connectivity index (χ1) is 16.0. The van der Waals surface area contributed by atoms with Crippen LogP contribution in [0.15, 0.2) is 72.3 Å². The minimum absolute atomic E-state index is 0.106. The lowest BCUT2D eigenvalue weighted by atomic mass is 10.1. The summed E-state index contributed by atoms with van der Waals surface area (Å²) < 4.78 is 11.3. The van der Waals surface area contributed by atoms with E-state index in [1.165, 1.54) is 0 Å². The fraction of sp³-hybridized carbons (Fsp3) is 0.115. The molecule has 3 aromatic carbocycles. The summed E-state index contributed by atoms with van der Waals surface area (Å²) >= 11 is 5.85. The van der Waals surface area contributed by atoms with E-state index in [0.717, 1.165) is 0 Å². The molecule has 0 fully saturated rings. The van der Waals surface area contributed by atoms with E-state index in [2.05, 4.69) is 5.32 Å². The number of ether oxygens (including phenoxy) is 2. The number of amides is 1. The van der Waals surface area contributed by atoms with Crippen molar-refractivity contribution in [2.24, 2.45) is 0 Å². The predicted octanol–water partition coefficient (Wildman–Crippen LogP) is 5.22. The number of anilines is 1. The number of hydrogen-bond donors (Lipinski definition) is 1. The van der Waals surface area contributed by atoms with Crippen LogP contribution in [-0.2, 0) is 4.79 Å². The van der Waals surface area contributed by atoms with Gasteiger partial charge in [-0.2, -0.15) is 0 Å². The molecule has 6 nitrogen and oxygen atoms in total. The maximum absolute atomic E-state index is 12.6. The quantitative estimate of drug-likeness (QED) is 0.385. The van der Waals surface area contributed by atoms with Crippen LogP contribution >= 0.6 is 11.6 Å². The maximum Gasteiger partial charge on any atom is 0.262 e. The highest BCUT2D eigenvalue weighted by molar-refractivity contribution is 6.41. The highest BCUT2D eigenvalue weighted by Crippen LogP contribution is 2.32. The number of carbonyl (C=O) groups excluding carboxylic acids is 3. The lowest BCUT2D eigenvalue weighted by Gasteiger charge is -2.13. The molecular weight excluding hydrogens is 442 g/mol. The Morgan fingerprint density at radius 3 is 2.21 bits per heavy atom. The standard InChI is InChI=1S/C26H20ClNO5/c1-2-32-23-14-16(13-21-25(30)19-5-3-4-6-20(19)26(21)31)7-12-22(23)33-15-24(29)28-18-10-8-17(27)9-11-18/h3-14H,2,15H2,1H3,(H,28,29). The number of fused-ring (bicyclic) bond motifs is 1. The summed E-state index contributed by atoms with van der Waals surface area (Å²) in [6, 6.07) is 18.5. The van der Waals surface area contributed by atoms with Crippen LogP contribution in [0, 0.1) is 0 Å². The molecule has 166 valence electrons. The van der Waals surface area contributed by atoms with Gasteiger partial charge >= 0.3 is 0 Å². The van der Waals surface area contributed by atoms with Crippen molar-refractivity contribution in [3.05, 3.63) is 94.0 Å². The number of Topliss-reactive ketones (excluding diaryl/α,β-unsaturated/α-hetero) is 2. The smallest absolute Gasteiger partial charge is 0.262 e. The van der Waals surface area contributed by atoms with Crippen LogP contribution in [0.4, 0.5) is 5.69 Å². The minimum atomic E-state index is -0.342. The molecule has 33 heavy (non-hydrogen) atoms. The Labute approximate surface area is 195 Å². The van der Waals surface area contributed by atoms with Crippen molar-refractivity contribution in [2.75, 3.05) is 18.5 Å². The molecule has 0 atom stereocenters. The van der Waals surface area contributed by atoms with E-state index in [0.29, 0.717) is 45.5 Å². The summed E-state index contributed by atoms with van der Waals surface area (Å²) in [5.74, 6) is -0.162. The topological polar surface area (TPSA) is 81.7 Å². The Balaban J connectivity index is 1.49. The number of nitrogens with one attached hydrogen (secondary N) is 1. The van der Waals surface area contributed by atoms with Gasteiger partial charge in [-0.25, -0.2) is 0 Å². The van der Waals surface area contributed by atoms with E-state index in [9.17, 15) is 14.4 Å². The monoisotopic (exact) mass is 461 g/mol. The van der Waals surface area contributed by atoms with Crippen molar-refractivity contribution in [1.29, 1.82) is 0 Å². The van der Waals surface area contributed by atoms with Crippen LogP contribution in [0.1, 0.15) is 33.2 Å². The summed E-state index contributed by atoms with van der Waals surface area (Å²) in [4.78, 5) is 37.5. The molecule has 0 radical (unpaired) electrons. The third kappa shape index (κ3) is 4.96. The number of halogens is 1. The molecule has 0 saturated carbocycles. The van der Waals surface area contributed by atoms with Crippen molar-refractivity contribution in [3.63, 3.8) is 0 Å². The Bertz CT molecular complexity index is 1230. The Morgan fingerprint density at radius 2 is 1.58 bits per heavy atom. The van der Waals surface area contributed by atoms with Gasteiger partial charge in [-0.05, 0) is 55.0 Å².